The van der Waals surface area contributed by atoms with Crippen LogP contribution >= 0.6 is 22.9 Å². The zero-order valence-electron chi connectivity index (χ0n) is 9.64. The Hall–Kier alpha value is -1.72. The molecule has 0 saturated heterocycles. The van der Waals surface area contributed by atoms with Crippen LogP contribution in [0.3, 0.4) is 0 Å². The SMILES string of the molecule is O=c1c2sccc2ncn1Cc1ccc(Cl)c(F)c1. The fourth-order valence-corrected chi connectivity index (χ4v) is 2.74. The molecular formula is C13H8ClFN2OS. The summed E-state index contributed by atoms with van der Waals surface area (Å²) < 4.78 is 15.4. The van der Waals surface area contributed by atoms with Gasteiger partial charge in [-0.2, -0.15) is 0 Å². The van der Waals surface area contributed by atoms with Gasteiger partial charge in [0.2, 0.25) is 0 Å². The van der Waals surface area contributed by atoms with Crippen molar-refractivity contribution in [3.8, 4) is 0 Å². The summed E-state index contributed by atoms with van der Waals surface area (Å²) in [5, 5.41) is 1.90. The number of fused-ring (bicyclic) bond motifs is 1. The van der Waals surface area contributed by atoms with Gasteiger partial charge in [-0.25, -0.2) is 9.37 Å². The Morgan fingerprint density at radius 1 is 1.37 bits per heavy atom. The molecule has 0 amide bonds. The van der Waals surface area contributed by atoms with Crippen molar-refractivity contribution in [2.45, 2.75) is 6.54 Å². The highest BCUT2D eigenvalue weighted by Crippen LogP contribution is 2.17. The maximum absolute atomic E-state index is 13.4. The number of halogens is 2. The number of aromatic nitrogens is 2. The summed E-state index contributed by atoms with van der Waals surface area (Å²) in [6.07, 6.45) is 1.48. The van der Waals surface area contributed by atoms with Crippen molar-refractivity contribution < 1.29 is 4.39 Å². The van der Waals surface area contributed by atoms with Crippen molar-refractivity contribution in [2.75, 3.05) is 0 Å². The standard InChI is InChI=1S/C13H8ClFN2OS/c14-9-2-1-8(5-10(9)15)6-17-7-16-11-3-4-19-12(11)13(17)18/h1-5,7H,6H2. The average Bonchev–Trinajstić information content (AvgIpc) is 2.86. The molecule has 0 unspecified atom stereocenters. The lowest BCUT2D eigenvalue weighted by Crippen LogP contribution is -2.20. The van der Waals surface area contributed by atoms with E-state index in [4.69, 9.17) is 11.6 Å². The molecule has 0 N–H and O–H groups in total. The van der Waals surface area contributed by atoms with Crippen LogP contribution in [-0.4, -0.2) is 9.55 Å². The molecule has 0 bridgehead atoms. The second-order valence-electron chi connectivity index (χ2n) is 4.06. The third kappa shape index (κ3) is 2.27. The average molecular weight is 295 g/mol. The van der Waals surface area contributed by atoms with Crippen LogP contribution < -0.4 is 5.56 Å². The van der Waals surface area contributed by atoms with E-state index < -0.39 is 5.82 Å². The highest BCUT2D eigenvalue weighted by Gasteiger charge is 2.07. The van der Waals surface area contributed by atoms with Crippen molar-refractivity contribution >= 4 is 33.2 Å². The molecule has 0 aliphatic carbocycles. The summed E-state index contributed by atoms with van der Waals surface area (Å²) in [7, 11) is 0. The largest absolute Gasteiger partial charge is 0.294 e. The quantitative estimate of drug-likeness (QED) is 0.727. The fraction of sp³-hybridized carbons (Fsp3) is 0.0769. The van der Waals surface area contributed by atoms with Crippen LogP contribution in [0.2, 0.25) is 5.02 Å². The molecule has 0 radical (unpaired) electrons. The molecule has 0 saturated carbocycles. The molecule has 0 atom stereocenters. The number of hydrogen-bond acceptors (Lipinski definition) is 3. The van der Waals surface area contributed by atoms with Crippen molar-refractivity contribution in [1.29, 1.82) is 0 Å². The van der Waals surface area contributed by atoms with Gasteiger partial charge >= 0.3 is 0 Å². The zero-order valence-corrected chi connectivity index (χ0v) is 11.2. The lowest BCUT2D eigenvalue weighted by molar-refractivity contribution is 0.623. The third-order valence-electron chi connectivity index (χ3n) is 2.77. The molecule has 0 fully saturated rings. The molecule has 3 nitrogen and oxygen atoms in total. The molecule has 19 heavy (non-hydrogen) atoms. The highest BCUT2D eigenvalue weighted by atomic mass is 35.5. The lowest BCUT2D eigenvalue weighted by atomic mass is 10.2. The first-order valence-electron chi connectivity index (χ1n) is 5.52. The second-order valence-corrected chi connectivity index (χ2v) is 5.38. The van der Waals surface area contributed by atoms with E-state index in [1.165, 1.54) is 34.4 Å². The van der Waals surface area contributed by atoms with Crippen LogP contribution in [0, 0.1) is 5.82 Å². The predicted octanol–water partition coefficient (Wildman–Crippen LogP) is 3.30. The van der Waals surface area contributed by atoms with Crippen molar-refractivity contribution in [3.63, 3.8) is 0 Å². The van der Waals surface area contributed by atoms with Gasteiger partial charge < -0.3 is 0 Å². The topological polar surface area (TPSA) is 34.9 Å². The van der Waals surface area contributed by atoms with E-state index in [2.05, 4.69) is 4.98 Å². The van der Waals surface area contributed by atoms with E-state index in [9.17, 15) is 9.18 Å². The predicted molar refractivity (Wildman–Crippen MR) is 74.4 cm³/mol. The van der Waals surface area contributed by atoms with Crippen LogP contribution in [0.4, 0.5) is 4.39 Å². The third-order valence-corrected chi connectivity index (χ3v) is 3.97. The maximum Gasteiger partial charge on any atom is 0.271 e. The molecule has 1 aromatic carbocycles. The molecule has 96 valence electrons. The first kappa shape index (κ1) is 12.3. The highest BCUT2D eigenvalue weighted by molar-refractivity contribution is 7.17. The van der Waals surface area contributed by atoms with Gasteiger partial charge in [-0.3, -0.25) is 9.36 Å². The molecule has 0 aliphatic rings. The minimum atomic E-state index is -0.489. The summed E-state index contributed by atoms with van der Waals surface area (Å²) in [6, 6.07) is 6.30. The van der Waals surface area contributed by atoms with Crippen LogP contribution in [0.25, 0.3) is 10.2 Å². The van der Waals surface area contributed by atoms with E-state index >= 15 is 0 Å². The van der Waals surface area contributed by atoms with Crippen molar-refractivity contribution in [1.82, 2.24) is 9.55 Å². The smallest absolute Gasteiger partial charge is 0.271 e. The van der Waals surface area contributed by atoms with E-state index in [1.807, 2.05) is 5.38 Å². The normalized spacial score (nSPS) is 11.1. The van der Waals surface area contributed by atoms with Gasteiger partial charge in [0, 0.05) is 0 Å². The van der Waals surface area contributed by atoms with Gasteiger partial charge in [-0.05, 0) is 29.1 Å². The van der Waals surface area contributed by atoms with E-state index in [-0.39, 0.29) is 17.1 Å². The molecule has 3 rings (SSSR count). The van der Waals surface area contributed by atoms with E-state index in [0.717, 1.165) is 0 Å². The summed E-state index contributed by atoms with van der Waals surface area (Å²) in [5.41, 5.74) is 1.24. The Morgan fingerprint density at radius 3 is 3.00 bits per heavy atom. The molecule has 3 aromatic rings. The van der Waals surface area contributed by atoms with Gasteiger partial charge in [-0.1, -0.05) is 17.7 Å². The van der Waals surface area contributed by atoms with Crippen LogP contribution in [0.5, 0.6) is 0 Å². The monoisotopic (exact) mass is 294 g/mol. The molecule has 2 heterocycles. The van der Waals surface area contributed by atoms with Gasteiger partial charge in [0.25, 0.3) is 5.56 Å². The van der Waals surface area contributed by atoms with Gasteiger partial charge in [-0.15, -0.1) is 11.3 Å². The van der Waals surface area contributed by atoms with E-state index in [0.29, 0.717) is 15.8 Å². The van der Waals surface area contributed by atoms with Crippen LogP contribution in [0.1, 0.15) is 5.56 Å². The summed E-state index contributed by atoms with van der Waals surface area (Å²) in [5.74, 6) is -0.489. The van der Waals surface area contributed by atoms with E-state index in [1.54, 1.807) is 12.1 Å². The first-order valence-corrected chi connectivity index (χ1v) is 6.77. The lowest BCUT2D eigenvalue weighted by Gasteiger charge is -2.06. The van der Waals surface area contributed by atoms with Crippen LogP contribution in [0.15, 0.2) is 40.8 Å². The Morgan fingerprint density at radius 2 is 2.21 bits per heavy atom. The van der Waals surface area contributed by atoms with Crippen molar-refractivity contribution in [3.05, 3.63) is 62.7 Å². The number of benzene rings is 1. The zero-order chi connectivity index (χ0) is 13.4. The number of thiophene rings is 1. The maximum atomic E-state index is 13.4. The van der Waals surface area contributed by atoms with Crippen LogP contribution in [-0.2, 0) is 6.54 Å². The Balaban J connectivity index is 2.03. The second kappa shape index (κ2) is 4.75. The number of rotatable bonds is 2. The van der Waals surface area contributed by atoms with Crippen molar-refractivity contribution in [2.24, 2.45) is 0 Å². The Bertz CT molecular complexity index is 812. The first-order chi connectivity index (χ1) is 9.15. The fourth-order valence-electron chi connectivity index (χ4n) is 1.83. The molecular weight excluding hydrogens is 287 g/mol. The van der Waals surface area contributed by atoms with Gasteiger partial charge in [0.15, 0.2) is 0 Å². The van der Waals surface area contributed by atoms with Gasteiger partial charge in [0.1, 0.15) is 10.5 Å². The molecule has 6 heteroatoms. The van der Waals surface area contributed by atoms with Gasteiger partial charge in [0.05, 0.1) is 23.4 Å². The summed E-state index contributed by atoms with van der Waals surface area (Å²) >= 11 is 6.98. The molecule has 2 aromatic heterocycles. The molecule has 0 aliphatic heterocycles. The summed E-state index contributed by atoms with van der Waals surface area (Å²) in [4.78, 5) is 16.4. The Kier molecular flexibility index (Phi) is 3.08. The summed E-state index contributed by atoms with van der Waals surface area (Å²) in [6.45, 7) is 0.272. The molecule has 0 spiro atoms. The minimum Gasteiger partial charge on any atom is -0.294 e. The Labute approximate surface area is 116 Å². The number of hydrogen-bond donors (Lipinski definition) is 0. The number of nitrogens with zero attached hydrogens (tertiary/aromatic N) is 2. The minimum absolute atomic E-state index is 0.0722.